The predicted octanol–water partition coefficient (Wildman–Crippen LogP) is 1.62. The van der Waals surface area contributed by atoms with Crippen molar-refractivity contribution in [2.24, 2.45) is 11.7 Å². The van der Waals surface area contributed by atoms with Gasteiger partial charge in [0.15, 0.2) is 0 Å². The molecule has 0 fully saturated rings. The van der Waals surface area contributed by atoms with Crippen LogP contribution in [0.5, 0.6) is 0 Å². The number of rotatable bonds is 8. The second-order valence-corrected chi connectivity index (χ2v) is 5.13. The molecule has 0 heterocycles. The maximum atomic E-state index is 11.9. The van der Waals surface area contributed by atoms with Gasteiger partial charge in [0.1, 0.15) is 0 Å². The van der Waals surface area contributed by atoms with Gasteiger partial charge in [-0.2, -0.15) is 0 Å². The summed E-state index contributed by atoms with van der Waals surface area (Å²) < 4.78 is 5.50. The Morgan fingerprint density at radius 1 is 1.47 bits per heavy atom. The third-order valence-electron chi connectivity index (χ3n) is 2.46. The van der Waals surface area contributed by atoms with Crippen LogP contribution < -0.4 is 11.1 Å². The highest BCUT2D eigenvalue weighted by molar-refractivity contribution is 7.80. The molecule has 0 radical (unpaired) electrons. The van der Waals surface area contributed by atoms with Gasteiger partial charge in [0, 0.05) is 13.2 Å². The van der Waals surface area contributed by atoms with Crippen LogP contribution in [0.2, 0.25) is 0 Å². The molecule has 0 aliphatic carbocycles. The van der Waals surface area contributed by atoms with Crippen LogP contribution in [0.25, 0.3) is 0 Å². The molecular weight excluding hydrogens is 236 g/mol. The first-order chi connectivity index (χ1) is 7.84. The van der Waals surface area contributed by atoms with E-state index >= 15 is 0 Å². The maximum absolute atomic E-state index is 11.9. The SMILES string of the molecule is CCCC(C(=O)NCC(C)(C)OCC)C(N)=S. The van der Waals surface area contributed by atoms with Crippen molar-refractivity contribution in [2.75, 3.05) is 13.2 Å². The lowest BCUT2D eigenvalue weighted by Gasteiger charge is -2.26. The molecule has 0 aliphatic heterocycles. The van der Waals surface area contributed by atoms with E-state index in [4.69, 9.17) is 22.7 Å². The molecule has 0 aromatic carbocycles. The highest BCUT2D eigenvalue weighted by atomic mass is 32.1. The summed E-state index contributed by atoms with van der Waals surface area (Å²) in [6.07, 6.45) is 1.57. The lowest BCUT2D eigenvalue weighted by Crippen LogP contribution is -2.45. The summed E-state index contributed by atoms with van der Waals surface area (Å²) in [7, 11) is 0. The van der Waals surface area contributed by atoms with E-state index in [0.29, 0.717) is 19.6 Å². The van der Waals surface area contributed by atoms with E-state index < -0.39 is 0 Å². The van der Waals surface area contributed by atoms with Gasteiger partial charge in [0.05, 0.1) is 16.5 Å². The number of ether oxygens (including phenoxy) is 1. The third-order valence-corrected chi connectivity index (χ3v) is 2.75. The summed E-state index contributed by atoms with van der Waals surface area (Å²) in [6, 6.07) is 0. The van der Waals surface area contributed by atoms with E-state index in [0.717, 1.165) is 6.42 Å². The van der Waals surface area contributed by atoms with Gasteiger partial charge < -0.3 is 15.8 Å². The molecule has 17 heavy (non-hydrogen) atoms. The molecule has 5 heteroatoms. The molecule has 4 nitrogen and oxygen atoms in total. The zero-order chi connectivity index (χ0) is 13.5. The molecule has 1 unspecified atom stereocenters. The summed E-state index contributed by atoms with van der Waals surface area (Å²) in [4.78, 5) is 12.2. The number of carbonyl (C=O) groups is 1. The van der Waals surface area contributed by atoms with Crippen molar-refractivity contribution in [1.29, 1.82) is 0 Å². The second kappa shape index (κ2) is 7.61. The minimum atomic E-state index is -0.368. The molecule has 0 rings (SSSR count). The molecule has 0 saturated carbocycles. The Morgan fingerprint density at radius 2 is 2.06 bits per heavy atom. The van der Waals surface area contributed by atoms with Crippen molar-refractivity contribution in [3.05, 3.63) is 0 Å². The Labute approximate surface area is 109 Å². The molecular formula is C12H24N2O2S. The Bertz CT molecular complexity index is 267. The molecule has 0 spiro atoms. The van der Waals surface area contributed by atoms with E-state index in [-0.39, 0.29) is 22.4 Å². The van der Waals surface area contributed by atoms with E-state index in [2.05, 4.69) is 5.32 Å². The van der Waals surface area contributed by atoms with Gasteiger partial charge in [-0.1, -0.05) is 25.6 Å². The summed E-state index contributed by atoms with van der Waals surface area (Å²) in [5, 5.41) is 2.84. The van der Waals surface area contributed by atoms with Crippen molar-refractivity contribution >= 4 is 23.1 Å². The van der Waals surface area contributed by atoms with Gasteiger partial charge in [-0.15, -0.1) is 0 Å². The number of hydrogen-bond acceptors (Lipinski definition) is 3. The lowest BCUT2D eigenvalue weighted by molar-refractivity contribution is -0.124. The van der Waals surface area contributed by atoms with Gasteiger partial charge in [0.25, 0.3) is 0 Å². The van der Waals surface area contributed by atoms with Crippen LogP contribution in [0.15, 0.2) is 0 Å². The highest BCUT2D eigenvalue weighted by Crippen LogP contribution is 2.10. The number of nitrogens with one attached hydrogen (secondary N) is 1. The van der Waals surface area contributed by atoms with E-state index in [1.54, 1.807) is 0 Å². The van der Waals surface area contributed by atoms with Gasteiger partial charge >= 0.3 is 0 Å². The Balaban J connectivity index is 4.27. The number of carbonyl (C=O) groups excluding carboxylic acids is 1. The largest absolute Gasteiger partial charge is 0.393 e. The van der Waals surface area contributed by atoms with Crippen molar-refractivity contribution in [3.63, 3.8) is 0 Å². The Hall–Kier alpha value is -0.680. The second-order valence-electron chi connectivity index (χ2n) is 4.65. The van der Waals surface area contributed by atoms with Crippen LogP contribution in [0, 0.1) is 5.92 Å². The average Bonchev–Trinajstić information content (AvgIpc) is 2.22. The molecule has 0 saturated heterocycles. The minimum absolute atomic E-state index is 0.105. The molecule has 100 valence electrons. The molecule has 0 bridgehead atoms. The monoisotopic (exact) mass is 260 g/mol. The quantitative estimate of drug-likeness (QED) is 0.651. The Kier molecular flexibility index (Phi) is 7.30. The number of nitrogens with two attached hydrogens (primary N) is 1. The third kappa shape index (κ3) is 6.58. The summed E-state index contributed by atoms with van der Waals surface area (Å²) in [6.45, 7) is 8.89. The van der Waals surface area contributed by atoms with Crippen molar-refractivity contribution in [1.82, 2.24) is 5.32 Å². The van der Waals surface area contributed by atoms with E-state index in [1.807, 2.05) is 27.7 Å². The molecule has 0 aliphatic rings. The first kappa shape index (κ1) is 16.3. The smallest absolute Gasteiger partial charge is 0.230 e. The minimum Gasteiger partial charge on any atom is -0.393 e. The Morgan fingerprint density at radius 3 is 2.47 bits per heavy atom. The van der Waals surface area contributed by atoms with Crippen LogP contribution in [0.3, 0.4) is 0 Å². The highest BCUT2D eigenvalue weighted by Gasteiger charge is 2.24. The van der Waals surface area contributed by atoms with Crippen LogP contribution in [0.4, 0.5) is 0 Å². The first-order valence-corrected chi connectivity index (χ1v) is 6.45. The molecule has 3 N–H and O–H groups in total. The average molecular weight is 260 g/mol. The standard InChI is InChI=1S/C12H24N2O2S/c1-5-7-9(10(13)17)11(15)14-8-12(3,4)16-6-2/h9H,5-8H2,1-4H3,(H2,13,17)(H,14,15). The van der Waals surface area contributed by atoms with Gasteiger partial charge in [-0.05, 0) is 27.2 Å². The fourth-order valence-corrected chi connectivity index (χ4v) is 1.78. The predicted molar refractivity (Wildman–Crippen MR) is 73.9 cm³/mol. The maximum Gasteiger partial charge on any atom is 0.230 e. The van der Waals surface area contributed by atoms with Crippen LogP contribution in [-0.2, 0) is 9.53 Å². The van der Waals surface area contributed by atoms with Gasteiger partial charge in [-0.3, -0.25) is 4.79 Å². The molecule has 1 amide bonds. The fourth-order valence-electron chi connectivity index (χ4n) is 1.56. The van der Waals surface area contributed by atoms with Crippen LogP contribution >= 0.6 is 12.2 Å². The van der Waals surface area contributed by atoms with E-state index in [1.165, 1.54) is 0 Å². The van der Waals surface area contributed by atoms with Crippen LogP contribution in [-0.4, -0.2) is 29.6 Å². The number of hydrogen-bond donors (Lipinski definition) is 2. The lowest BCUT2D eigenvalue weighted by atomic mass is 10.0. The fraction of sp³-hybridized carbons (Fsp3) is 0.833. The number of thiocarbonyl (C=S) groups is 1. The normalized spacial score (nSPS) is 13.2. The summed E-state index contributed by atoms with van der Waals surface area (Å²) in [5.74, 6) is -0.473. The van der Waals surface area contributed by atoms with Crippen molar-refractivity contribution in [2.45, 2.75) is 46.1 Å². The summed E-state index contributed by atoms with van der Waals surface area (Å²) >= 11 is 4.90. The summed E-state index contributed by atoms with van der Waals surface area (Å²) in [5.41, 5.74) is 5.20. The van der Waals surface area contributed by atoms with Crippen molar-refractivity contribution < 1.29 is 9.53 Å². The molecule has 0 aromatic heterocycles. The van der Waals surface area contributed by atoms with Crippen LogP contribution in [0.1, 0.15) is 40.5 Å². The van der Waals surface area contributed by atoms with Gasteiger partial charge in [0.2, 0.25) is 5.91 Å². The number of amides is 1. The van der Waals surface area contributed by atoms with Crippen molar-refractivity contribution in [3.8, 4) is 0 Å². The molecule has 1 atom stereocenters. The topological polar surface area (TPSA) is 64.3 Å². The molecule has 0 aromatic rings. The van der Waals surface area contributed by atoms with Gasteiger partial charge in [-0.25, -0.2) is 0 Å². The van der Waals surface area contributed by atoms with E-state index in [9.17, 15) is 4.79 Å². The zero-order valence-corrected chi connectivity index (χ0v) is 12.0. The zero-order valence-electron chi connectivity index (χ0n) is 11.2. The first-order valence-electron chi connectivity index (χ1n) is 6.05.